The number of anilines is 1. The van der Waals surface area contributed by atoms with Gasteiger partial charge >= 0.3 is 0 Å². The van der Waals surface area contributed by atoms with Crippen molar-refractivity contribution in [2.45, 2.75) is 45.7 Å². The molecule has 1 aliphatic heterocycles. The van der Waals surface area contributed by atoms with Crippen LogP contribution in [0.3, 0.4) is 0 Å². The van der Waals surface area contributed by atoms with Gasteiger partial charge in [0.15, 0.2) is 11.5 Å². The summed E-state index contributed by atoms with van der Waals surface area (Å²) in [4.78, 5) is 27.9. The average molecular weight is 499 g/mol. The molecule has 5 rings (SSSR count). The van der Waals surface area contributed by atoms with E-state index in [0.29, 0.717) is 34.4 Å². The number of benzene rings is 3. The number of hydrogen-bond acceptors (Lipinski definition) is 3. The van der Waals surface area contributed by atoms with Gasteiger partial charge in [0.2, 0.25) is 0 Å². The molecule has 1 heterocycles. The molecule has 0 radical (unpaired) electrons. The number of hydrogen-bond donors (Lipinski definition) is 1. The van der Waals surface area contributed by atoms with Crippen molar-refractivity contribution in [3.8, 4) is 5.75 Å². The Labute approximate surface area is 217 Å². The highest BCUT2D eigenvalue weighted by Crippen LogP contribution is 2.36. The maximum atomic E-state index is 13.8. The summed E-state index contributed by atoms with van der Waals surface area (Å²) in [6, 6.07) is 20.9. The van der Waals surface area contributed by atoms with Crippen molar-refractivity contribution in [1.82, 2.24) is 5.32 Å². The van der Waals surface area contributed by atoms with Gasteiger partial charge in [0.05, 0.1) is 12.2 Å². The van der Waals surface area contributed by atoms with Gasteiger partial charge in [-0.1, -0.05) is 63.1 Å². The zero-order chi connectivity index (χ0) is 25.9. The summed E-state index contributed by atoms with van der Waals surface area (Å²) in [5, 5.41) is 3.20. The highest BCUT2D eigenvalue weighted by molar-refractivity contribution is 6.09. The standard InChI is InChI=1S/C31H31FN2O3/c1-20-7-5-10-26(21(20)2)33-30(35)24-15-13-22(14-16-24)18-29-31(36)34(19-23-8-6-9-25(32)17-23)27-11-3-4-12-28(27)37-29/h3-4,6,8-9,11-18,20-21,26H,5,7,10,19H2,1-2H3,(H,33,35)/b29-18-. The average Bonchev–Trinajstić information content (AvgIpc) is 2.89. The van der Waals surface area contributed by atoms with Gasteiger partial charge in [-0.3, -0.25) is 14.5 Å². The predicted molar refractivity (Wildman–Crippen MR) is 143 cm³/mol. The summed E-state index contributed by atoms with van der Waals surface area (Å²) in [6.07, 6.45) is 5.02. The van der Waals surface area contributed by atoms with Gasteiger partial charge in [-0.25, -0.2) is 4.39 Å². The van der Waals surface area contributed by atoms with Crippen molar-refractivity contribution in [3.63, 3.8) is 0 Å². The number of nitrogens with one attached hydrogen (secondary N) is 1. The van der Waals surface area contributed by atoms with Crippen LogP contribution in [0.1, 0.15) is 54.6 Å². The molecule has 3 atom stereocenters. The van der Waals surface area contributed by atoms with Crippen molar-refractivity contribution in [3.05, 3.63) is 101 Å². The molecule has 1 saturated carbocycles. The molecule has 0 bridgehead atoms. The minimum Gasteiger partial charge on any atom is -0.449 e. The predicted octanol–water partition coefficient (Wildman–Crippen LogP) is 6.35. The first-order valence-electron chi connectivity index (χ1n) is 12.8. The van der Waals surface area contributed by atoms with Crippen LogP contribution in [-0.4, -0.2) is 17.9 Å². The molecule has 5 nitrogen and oxygen atoms in total. The van der Waals surface area contributed by atoms with E-state index in [4.69, 9.17) is 4.74 Å². The van der Waals surface area contributed by atoms with Gasteiger partial charge in [-0.2, -0.15) is 0 Å². The van der Waals surface area contributed by atoms with Gasteiger partial charge in [0, 0.05) is 11.6 Å². The molecule has 3 aromatic rings. The zero-order valence-corrected chi connectivity index (χ0v) is 21.1. The second kappa shape index (κ2) is 10.6. The molecule has 2 aliphatic rings. The van der Waals surface area contributed by atoms with E-state index < -0.39 is 0 Å². The Kier molecular flexibility index (Phi) is 7.08. The number of amides is 2. The van der Waals surface area contributed by atoms with E-state index in [-0.39, 0.29) is 36.0 Å². The van der Waals surface area contributed by atoms with Crippen LogP contribution in [0.15, 0.2) is 78.6 Å². The Bertz CT molecular complexity index is 1330. The smallest absolute Gasteiger partial charge is 0.294 e. The minimum absolute atomic E-state index is 0.0784. The lowest BCUT2D eigenvalue weighted by Crippen LogP contribution is -2.43. The lowest BCUT2D eigenvalue weighted by Gasteiger charge is -2.34. The van der Waals surface area contributed by atoms with Crippen molar-refractivity contribution in [2.75, 3.05) is 4.90 Å². The third-order valence-electron chi connectivity index (χ3n) is 7.56. The topological polar surface area (TPSA) is 58.6 Å². The molecule has 0 saturated heterocycles. The Morgan fingerprint density at radius 1 is 1.05 bits per heavy atom. The highest BCUT2D eigenvalue weighted by Gasteiger charge is 2.31. The van der Waals surface area contributed by atoms with Crippen molar-refractivity contribution in [2.24, 2.45) is 11.8 Å². The van der Waals surface area contributed by atoms with Crippen LogP contribution >= 0.6 is 0 Å². The van der Waals surface area contributed by atoms with Crippen LogP contribution < -0.4 is 15.0 Å². The van der Waals surface area contributed by atoms with E-state index in [0.717, 1.165) is 18.4 Å². The number of rotatable bonds is 5. The second-order valence-corrected chi connectivity index (χ2v) is 10.1. The fraction of sp³-hybridized carbons (Fsp3) is 0.290. The van der Waals surface area contributed by atoms with E-state index in [1.807, 2.05) is 30.3 Å². The summed E-state index contributed by atoms with van der Waals surface area (Å²) in [5.74, 6) is 1.03. The summed E-state index contributed by atoms with van der Waals surface area (Å²) in [6.45, 7) is 4.67. The quantitative estimate of drug-likeness (QED) is 0.417. The van der Waals surface area contributed by atoms with Crippen LogP contribution in [0.5, 0.6) is 5.75 Å². The first-order chi connectivity index (χ1) is 17.9. The number of fused-ring (bicyclic) bond motifs is 1. The van der Waals surface area contributed by atoms with Crippen LogP contribution in [0.2, 0.25) is 0 Å². The highest BCUT2D eigenvalue weighted by atomic mass is 19.1. The van der Waals surface area contributed by atoms with E-state index in [1.165, 1.54) is 18.6 Å². The number of para-hydroxylation sites is 2. The molecular weight excluding hydrogens is 467 g/mol. The van der Waals surface area contributed by atoms with Crippen molar-refractivity contribution in [1.29, 1.82) is 0 Å². The Morgan fingerprint density at radius 2 is 1.84 bits per heavy atom. The van der Waals surface area contributed by atoms with Crippen LogP contribution in [0.25, 0.3) is 6.08 Å². The molecule has 2 amide bonds. The normalized spacial score (nSPS) is 22.4. The monoisotopic (exact) mass is 498 g/mol. The Morgan fingerprint density at radius 3 is 2.62 bits per heavy atom. The van der Waals surface area contributed by atoms with Crippen LogP contribution in [-0.2, 0) is 11.3 Å². The van der Waals surface area contributed by atoms with Crippen molar-refractivity contribution >= 4 is 23.6 Å². The molecule has 1 N–H and O–H groups in total. The minimum atomic E-state index is -0.348. The number of halogens is 1. The number of nitrogens with zero attached hydrogens (tertiary/aromatic N) is 1. The number of carbonyl (C=O) groups excluding carboxylic acids is 2. The number of ether oxygens (including phenoxy) is 1. The molecule has 6 heteroatoms. The first kappa shape index (κ1) is 24.8. The van der Waals surface area contributed by atoms with Gasteiger partial charge < -0.3 is 10.1 Å². The SMILES string of the molecule is CC1CCCC(NC(=O)c2ccc(/C=C3\Oc4ccccc4N(Cc4cccc(F)c4)C3=O)cc2)C1C. The van der Waals surface area contributed by atoms with Crippen LogP contribution in [0, 0.1) is 17.7 Å². The molecule has 1 fully saturated rings. The molecule has 0 spiro atoms. The third kappa shape index (κ3) is 5.43. The van der Waals surface area contributed by atoms with E-state index in [1.54, 1.807) is 41.3 Å². The second-order valence-electron chi connectivity index (χ2n) is 10.1. The largest absolute Gasteiger partial charge is 0.449 e. The molecule has 3 aromatic carbocycles. The Balaban J connectivity index is 1.34. The van der Waals surface area contributed by atoms with E-state index >= 15 is 0 Å². The van der Waals surface area contributed by atoms with E-state index in [9.17, 15) is 14.0 Å². The summed E-state index contributed by atoms with van der Waals surface area (Å²) in [5.41, 5.74) is 2.64. The fourth-order valence-corrected chi connectivity index (χ4v) is 5.16. The molecular formula is C31H31FN2O3. The fourth-order valence-electron chi connectivity index (χ4n) is 5.16. The van der Waals surface area contributed by atoms with Crippen LogP contribution in [0.4, 0.5) is 10.1 Å². The first-order valence-corrected chi connectivity index (χ1v) is 12.8. The molecule has 0 aromatic heterocycles. The summed E-state index contributed by atoms with van der Waals surface area (Å²) >= 11 is 0. The molecule has 3 unspecified atom stereocenters. The van der Waals surface area contributed by atoms with E-state index in [2.05, 4.69) is 19.2 Å². The van der Waals surface area contributed by atoms with Gasteiger partial charge in [0.1, 0.15) is 5.82 Å². The van der Waals surface area contributed by atoms with Crippen molar-refractivity contribution < 1.29 is 18.7 Å². The lowest BCUT2D eigenvalue weighted by atomic mass is 9.78. The lowest BCUT2D eigenvalue weighted by molar-refractivity contribution is -0.117. The number of carbonyl (C=O) groups is 2. The summed E-state index contributed by atoms with van der Waals surface area (Å²) in [7, 11) is 0. The zero-order valence-electron chi connectivity index (χ0n) is 21.1. The Hall–Kier alpha value is -3.93. The maximum absolute atomic E-state index is 13.8. The maximum Gasteiger partial charge on any atom is 0.294 e. The van der Waals surface area contributed by atoms with Gasteiger partial charge in [-0.05, 0) is 71.9 Å². The van der Waals surface area contributed by atoms with Gasteiger partial charge in [0.25, 0.3) is 11.8 Å². The third-order valence-corrected chi connectivity index (χ3v) is 7.56. The van der Waals surface area contributed by atoms with Gasteiger partial charge in [-0.15, -0.1) is 0 Å². The molecule has 190 valence electrons. The molecule has 1 aliphatic carbocycles. The summed E-state index contributed by atoms with van der Waals surface area (Å²) < 4.78 is 19.7. The molecule has 37 heavy (non-hydrogen) atoms.